The molecule has 0 saturated carbocycles. The molecule has 0 unspecified atom stereocenters. The van der Waals surface area contributed by atoms with Gasteiger partial charge in [0, 0.05) is 13.0 Å². The van der Waals surface area contributed by atoms with Crippen molar-refractivity contribution in [1.29, 1.82) is 0 Å². The zero-order valence-corrected chi connectivity index (χ0v) is 9.50. The van der Waals surface area contributed by atoms with Gasteiger partial charge in [0.2, 0.25) is 5.82 Å². The number of carbonyl (C=O) groups excluding carboxylic acids is 1. The summed E-state index contributed by atoms with van der Waals surface area (Å²) in [6.45, 7) is 0.454. The molecule has 0 spiro atoms. The fraction of sp³-hybridized carbons (Fsp3) is 0.500. The third-order valence-corrected chi connectivity index (χ3v) is 3.13. The average molecular weight is 255 g/mol. The molecule has 1 aromatic rings. The molecule has 0 N–H and O–H groups in total. The Hall–Kier alpha value is -2.12. The Balaban J connectivity index is 2.04. The predicted molar refractivity (Wildman–Crippen MR) is 55.6 cm³/mol. The van der Waals surface area contributed by atoms with Crippen molar-refractivity contribution in [3.05, 3.63) is 22.4 Å². The van der Waals surface area contributed by atoms with Gasteiger partial charge in [0.05, 0.1) is 13.3 Å². The molecule has 2 atom stereocenters. The van der Waals surface area contributed by atoms with Crippen LogP contribution in [0.5, 0.6) is 6.01 Å². The SMILES string of the molecule is COC(=O)N1CC[C@@H]2Oc3nc(=O)c(F)cn3[C@@H]21. The minimum Gasteiger partial charge on any atom is -0.457 e. The molecular formula is C10H10FN3O4. The summed E-state index contributed by atoms with van der Waals surface area (Å²) in [6.07, 6.45) is 0.251. The predicted octanol–water partition coefficient (Wildman–Crippen LogP) is 0.114. The molecule has 1 fully saturated rings. The Morgan fingerprint density at radius 1 is 1.67 bits per heavy atom. The van der Waals surface area contributed by atoms with E-state index in [1.54, 1.807) is 0 Å². The highest BCUT2D eigenvalue weighted by Gasteiger charge is 2.46. The molecule has 0 aromatic carbocycles. The second kappa shape index (κ2) is 3.69. The van der Waals surface area contributed by atoms with E-state index < -0.39 is 23.6 Å². The number of amides is 1. The summed E-state index contributed by atoms with van der Waals surface area (Å²) < 4.78 is 24.7. The maximum absolute atomic E-state index is 13.3. The molecule has 0 bridgehead atoms. The van der Waals surface area contributed by atoms with Gasteiger partial charge in [0.15, 0.2) is 6.17 Å². The van der Waals surface area contributed by atoms with Gasteiger partial charge < -0.3 is 9.47 Å². The van der Waals surface area contributed by atoms with Crippen LogP contribution in [0.3, 0.4) is 0 Å². The Labute approximate surface area is 101 Å². The molecule has 3 heterocycles. The minimum absolute atomic E-state index is 0.0324. The second-order valence-electron chi connectivity index (χ2n) is 4.11. The number of ether oxygens (including phenoxy) is 2. The van der Waals surface area contributed by atoms with Crippen LogP contribution >= 0.6 is 0 Å². The van der Waals surface area contributed by atoms with E-state index in [1.807, 2.05) is 0 Å². The quantitative estimate of drug-likeness (QED) is 0.658. The summed E-state index contributed by atoms with van der Waals surface area (Å²) in [5.41, 5.74) is -0.967. The number of fused-ring (bicyclic) bond motifs is 3. The van der Waals surface area contributed by atoms with E-state index in [2.05, 4.69) is 9.72 Å². The van der Waals surface area contributed by atoms with Crippen LogP contribution in [0.1, 0.15) is 12.6 Å². The van der Waals surface area contributed by atoms with Crippen molar-refractivity contribution in [1.82, 2.24) is 14.5 Å². The Morgan fingerprint density at radius 3 is 3.17 bits per heavy atom. The highest BCUT2D eigenvalue weighted by molar-refractivity contribution is 5.68. The molecule has 1 amide bonds. The molecular weight excluding hydrogens is 245 g/mol. The van der Waals surface area contributed by atoms with E-state index in [0.717, 1.165) is 6.20 Å². The number of rotatable bonds is 0. The van der Waals surface area contributed by atoms with E-state index in [4.69, 9.17) is 4.74 Å². The summed E-state index contributed by atoms with van der Waals surface area (Å²) in [4.78, 5) is 27.6. The Kier molecular flexibility index (Phi) is 2.25. The number of likely N-dealkylation sites (tertiary alicyclic amines) is 1. The summed E-state index contributed by atoms with van der Waals surface area (Å²) in [5.74, 6) is -0.972. The van der Waals surface area contributed by atoms with E-state index in [9.17, 15) is 14.0 Å². The Bertz CT molecular complexity index is 573. The Morgan fingerprint density at radius 2 is 2.44 bits per heavy atom. The number of nitrogens with zero attached hydrogens (tertiary/aromatic N) is 3. The van der Waals surface area contributed by atoms with Crippen molar-refractivity contribution in [2.45, 2.75) is 18.7 Å². The first kappa shape index (κ1) is 11.0. The average Bonchev–Trinajstić information content (AvgIpc) is 2.89. The molecule has 1 aromatic heterocycles. The van der Waals surface area contributed by atoms with Gasteiger partial charge in [0.1, 0.15) is 6.10 Å². The number of halogens is 1. The first-order chi connectivity index (χ1) is 8.61. The lowest BCUT2D eigenvalue weighted by molar-refractivity contribution is 0.0957. The number of carbonyl (C=O) groups is 1. The molecule has 7 nitrogen and oxygen atoms in total. The molecule has 8 heteroatoms. The van der Waals surface area contributed by atoms with Gasteiger partial charge in [-0.1, -0.05) is 0 Å². The second-order valence-corrected chi connectivity index (χ2v) is 4.11. The van der Waals surface area contributed by atoms with Gasteiger partial charge in [0.25, 0.3) is 0 Å². The van der Waals surface area contributed by atoms with Crippen molar-refractivity contribution < 1.29 is 18.7 Å². The van der Waals surface area contributed by atoms with E-state index in [1.165, 1.54) is 16.6 Å². The number of aromatic nitrogens is 2. The molecule has 3 rings (SSSR count). The highest BCUT2D eigenvalue weighted by Crippen LogP contribution is 2.38. The smallest absolute Gasteiger partial charge is 0.411 e. The normalized spacial score (nSPS) is 24.4. The highest BCUT2D eigenvalue weighted by atomic mass is 19.1. The fourth-order valence-corrected chi connectivity index (χ4v) is 2.36. The zero-order chi connectivity index (χ0) is 12.9. The van der Waals surface area contributed by atoms with Crippen molar-refractivity contribution in [2.75, 3.05) is 13.7 Å². The standard InChI is InChI=1S/C10H10FN3O4/c1-17-10(16)13-3-2-6-8(13)14-4-5(11)7(15)12-9(14)18-6/h4,6,8H,2-3H2,1H3/t6-,8-/m0/s1. The van der Waals surface area contributed by atoms with Gasteiger partial charge in [-0.05, 0) is 0 Å². The maximum atomic E-state index is 13.3. The van der Waals surface area contributed by atoms with Gasteiger partial charge in [-0.2, -0.15) is 9.37 Å². The van der Waals surface area contributed by atoms with E-state index >= 15 is 0 Å². The zero-order valence-electron chi connectivity index (χ0n) is 9.50. The lowest BCUT2D eigenvalue weighted by atomic mass is 10.3. The van der Waals surface area contributed by atoms with Crippen LogP contribution in [0.4, 0.5) is 9.18 Å². The van der Waals surface area contributed by atoms with Crippen LogP contribution in [0.25, 0.3) is 0 Å². The lowest BCUT2D eigenvalue weighted by Crippen LogP contribution is -2.35. The number of methoxy groups -OCH3 is 1. The van der Waals surface area contributed by atoms with Crippen LogP contribution in [0.2, 0.25) is 0 Å². The molecule has 96 valence electrons. The summed E-state index contributed by atoms with van der Waals surface area (Å²) >= 11 is 0. The minimum atomic E-state index is -0.972. The van der Waals surface area contributed by atoms with E-state index in [-0.39, 0.29) is 12.1 Å². The molecule has 2 aliphatic rings. The number of hydrogen-bond acceptors (Lipinski definition) is 5. The first-order valence-electron chi connectivity index (χ1n) is 5.41. The molecule has 1 saturated heterocycles. The first-order valence-corrected chi connectivity index (χ1v) is 5.41. The van der Waals surface area contributed by atoms with E-state index in [0.29, 0.717) is 13.0 Å². The van der Waals surface area contributed by atoms with Crippen LogP contribution in [-0.4, -0.2) is 40.3 Å². The summed E-state index contributed by atoms with van der Waals surface area (Å²) in [7, 11) is 1.27. The third-order valence-electron chi connectivity index (χ3n) is 3.13. The van der Waals surface area contributed by atoms with Crippen LogP contribution in [0, 0.1) is 5.82 Å². The van der Waals surface area contributed by atoms with Gasteiger partial charge in [-0.3, -0.25) is 14.3 Å². The summed E-state index contributed by atoms with van der Waals surface area (Å²) in [6, 6.07) is 0.0324. The van der Waals surface area contributed by atoms with Gasteiger partial charge >= 0.3 is 17.7 Å². The van der Waals surface area contributed by atoms with Gasteiger partial charge in [-0.25, -0.2) is 4.79 Å². The fourth-order valence-electron chi connectivity index (χ4n) is 2.36. The van der Waals surface area contributed by atoms with Crippen molar-refractivity contribution >= 4 is 6.09 Å². The lowest BCUT2D eigenvalue weighted by Gasteiger charge is -2.22. The van der Waals surface area contributed by atoms with Crippen LogP contribution in [-0.2, 0) is 4.74 Å². The molecule has 0 aliphatic carbocycles. The van der Waals surface area contributed by atoms with Crippen LogP contribution in [0.15, 0.2) is 11.0 Å². The van der Waals surface area contributed by atoms with Crippen molar-refractivity contribution in [3.63, 3.8) is 0 Å². The molecule has 18 heavy (non-hydrogen) atoms. The number of hydrogen-bond donors (Lipinski definition) is 0. The molecule has 0 radical (unpaired) electrons. The van der Waals surface area contributed by atoms with Crippen molar-refractivity contribution in [3.8, 4) is 6.01 Å². The van der Waals surface area contributed by atoms with Gasteiger partial charge in [-0.15, -0.1) is 0 Å². The topological polar surface area (TPSA) is 73.7 Å². The van der Waals surface area contributed by atoms with Crippen LogP contribution < -0.4 is 10.3 Å². The summed E-state index contributed by atoms with van der Waals surface area (Å²) in [5, 5.41) is 0. The van der Waals surface area contributed by atoms with Crippen molar-refractivity contribution in [2.24, 2.45) is 0 Å². The maximum Gasteiger partial charge on any atom is 0.411 e. The monoisotopic (exact) mass is 255 g/mol. The molecule has 2 aliphatic heterocycles. The third kappa shape index (κ3) is 1.38. The largest absolute Gasteiger partial charge is 0.457 e.